The van der Waals surface area contributed by atoms with Gasteiger partial charge in [0.15, 0.2) is 5.82 Å². The van der Waals surface area contributed by atoms with E-state index in [1.807, 2.05) is 13.1 Å². The second-order valence-electron chi connectivity index (χ2n) is 5.25. The summed E-state index contributed by atoms with van der Waals surface area (Å²) in [5.41, 5.74) is 1.89. The summed E-state index contributed by atoms with van der Waals surface area (Å²) >= 11 is 0. The summed E-state index contributed by atoms with van der Waals surface area (Å²) in [7, 11) is 1.89. The van der Waals surface area contributed by atoms with Gasteiger partial charge in [-0.15, -0.1) is 0 Å². The van der Waals surface area contributed by atoms with E-state index in [0.29, 0.717) is 18.4 Å². The van der Waals surface area contributed by atoms with Gasteiger partial charge < -0.3 is 9.26 Å². The van der Waals surface area contributed by atoms with Crippen molar-refractivity contribution in [2.24, 2.45) is 7.05 Å². The molecule has 0 spiro atoms. The van der Waals surface area contributed by atoms with Gasteiger partial charge in [0.1, 0.15) is 5.69 Å². The Morgan fingerprint density at radius 2 is 2.26 bits per heavy atom. The highest BCUT2D eigenvalue weighted by molar-refractivity contribution is 5.48. The molecular formula is C13H18N4O2. The van der Waals surface area contributed by atoms with Gasteiger partial charge in [-0.1, -0.05) is 19.0 Å². The zero-order valence-corrected chi connectivity index (χ0v) is 11.5. The number of hydrogen-bond donors (Lipinski definition) is 0. The molecule has 1 saturated heterocycles. The van der Waals surface area contributed by atoms with Gasteiger partial charge >= 0.3 is 0 Å². The first-order chi connectivity index (χ1) is 9.15. The van der Waals surface area contributed by atoms with Gasteiger partial charge in [0.25, 0.3) is 5.89 Å². The molecule has 1 aliphatic heterocycles. The van der Waals surface area contributed by atoms with Gasteiger partial charge in [0.05, 0.1) is 12.3 Å². The fourth-order valence-corrected chi connectivity index (χ4v) is 2.21. The van der Waals surface area contributed by atoms with E-state index in [4.69, 9.17) is 9.26 Å². The Bertz CT molecular complexity index is 567. The summed E-state index contributed by atoms with van der Waals surface area (Å²) in [6.45, 7) is 5.68. The summed E-state index contributed by atoms with van der Waals surface area (Å²) in [6, 6.07) is 2.01. The lowest BCUT2D eigenvalue weighted by Crippen LogP contribution is -2.00. The molecule has 0 bridgehead atoms. The molecule has 6 heteroatoms. The molecular weight excluding hydrogens is 244 g/mol. The third-order valence-corrected chi connectivity index (χ3v) is 3.45. The molecule has 0 amide bonds. The van der Waals surface area contributed by atoms with Crippen molar-refractivity contribution in [1.82, 2.24) is 19.9 Å². The summed E-state index contributed by atoms with van der Waals surface area (Å²) in [6.07, 6.45) is 0.960. The van der Waals surface area contributed by atoms with E-state index in [1.54, 1.807) is 4.68 Å². The average molecular weight is 262 g/mol. The van der Waals surface area contributed by atoms with Crippen LogP contribution in [0.4, 0.5) is 0 Å². The molecule has 2 aromatic heterocycles. The van der Waals surface area contributed by atoms with E-state index in [-0.39, 0.29) is 5.92 Å². The van der Waals surface area contributed by atoms with E-state index in [1.165, 1.54) is 0 Å². The lowest BCUT2D eigenvalue weighted by Gasteiger charge is -1.97. The molecule has 3 rings (SSSR count). The van der Waals surface area contributed by atoms with Crippen LogP contribution in [-0.2, 0) is 11.8 Å². The normalized spacial score (nSPS) is 19.5. The second-order valence-corrected chi connectivity index (χ2v) is 5.25. The van der Waals surface area contributed by atoms with Crippen LogP contribution in [0.5, 0.6) is 0 Å². The van der Waals surface area contributed by atoms with Gasteiger partial charge in [-0.3, -0.25) is 4.68 Å². The third-order valence-electron chi connectivity index (χ3n) is 3.45. The number of nitrogens with zero attached hydrogens (tertiary/aromatic N) is 4. The number of aryl methyl sites for hydroxylation is 1. The fraction of sp³-hybridized carbons (Fsp3) is 0.615. The van der Waals surface area contributed by atoms with Gasteiger partial charge in [-0.2, -0.15) is 10.1 Å². The minimum atomic E-state index is 0.260. The van der Waals surface area contributed by atoms with Crippen molar-refractivity contribution in [3.63, 3.8) is 0 Å². The lowest BCUT2D eigenvalue weighted by molar-refractivity contribution is 0.192. The number of aromatic nitrogens is 4. The molecule has 0 radical (unpaired) electrons. The first kappa shape index (κ1) is 12.3. The summed E-state index contributed by atoms with van der Waals surface area (Å²) in [4.78, 5) is 4.48. The zero-order valence-electron chi connectivity index (χ0n) is 11.5. The smallest absolute Gasteiger partial charge is 0.276 e. The fourth-order valence-electron chi connectivity index (χ4n) is 2.21. The van der Waals surface area contributed by atoms with Crippen LogP contribution >= 0.6 is 0 Å². The first-order valence-electron chi connectivity index (χ1n) is 6.61. The van der Waals surface area contributed by atoms with Crippen molar-refractivity contribution < 1.29 is 9.26 Å². The standard InChI is InChI=1S/C13H18N4O2/c1-8(2)10-6-11(17(3)15-10)13-14-12(16-19-13)9-4-5-18-7-9/h6,8-9H,4-5,7H2,1-3H3/t9-/m1/s1. The highest BCUT2D eigenvalue weighted by Gasteiger charge is 2.24. The minimum Gasteiger partial charge on any atom is -0.381 e. The van der Waals surface area contributed by atoms with Crippen LogP contribution in [0, 0.1) is 0 Å². The Labute approximate surface area is 111 Å². The molecule has 1 fully saturated rings. The molecule has 19 heavy (non-hydrogen) atoms. The molecule has 1 atom stereocenters. The number of hydrogen-bond acceptors (Lipinski definition) is 5. The molecule has 0 saturated carbocycles. The van der Waals surface area contributed by atoms with Crippen LogP contribution in [0.1, 0.15) is 43.6 Å². The highest BCUT2D eigenvalue weighted by atomic mass is 16.5. The summed E-state index contributed by atoms with van der Waals surface area (Å²) in [5, 5.41) is 8.52. The Kier molecular flexibility index (Phi) is 3.10. The minimum absolute atomic E-state index is 0.260. The summed E-state index contributed by atoms with van der Waals surface area (Å²) < 4.78 is 12.5. The quantitative estimate of drug-likeness (QED) is 0.847. The van der Waals surface area contributed by atoms with E-state index in [0.717, 1.165) is 30.2 Å². The van der Waals surface area contributed by atoms with Crippen molar-refractivity contribution in [2.45, 2.75) is 32.1 Å². The van der Waals surface area contributed by atoms with Gasteiger partial charge in [0, 0.05) is 19.6 Å². The van der Waals surface area contributed by atoms with Gasteiger partial charge in [0.2, 0.25) is 0 Å². The van der Waals surface area contributed by atoms with E-state index in [2.05, 4.69) is 29.1 Å². The van der Waals surface area contributed by atoms with Crippen LogP contribution in [-0.4, -0.2) is 33.1 Å². The van der Waals surface area contributed by atoms with Crippen molar-refractivity contribution in [3.8, 4) is 11.6 Å². The maximum Gasteiger partial charge on any atom is 0.276 e. The molecule has 1 aliphatic rings. The monoisotopic (exact) mass is 262 g/mol. The lowest BCUT2D eigenvalue weighted by atomic mass is 10.1. The van der Waals surface area contributed by atoms with Gasteiger partial charge in [-0.05, 0) is 18.4 Å². The van der Waals surface area contributed by atoms with Crippen LogP contribution in [0.3, 0.4) is 0 Å². The Morgan fingerprint density at radius 3 is 2.89 bits per heavy atom. The largest absolute Gasteiger partial charge is 0.381 e. The predicted molar refractivity (Wildman–Crippen MR) is 68.8 cm³/mol. The van der Waals surface area contributed by atoms with Gasteiger partial charge in [-0.25, -0.2) is 0 Å². The first-order valence-corrected chi connectivity index (χ1v) is 6.61. The Hall–Kier alpha value is -1.69. The molecule has 6 nitrogen and oxygen atoms in total. The van der Waals surface area contributed by atoms with Crippen molar-refractivity contribution in [3.05, 3.63) is 17.6 Å². The molecule has 2 aromatic rings. The molecule has 0 unspecified atom stereocenters. The number of rotatable bonds is 3. The molecule has 0 N–H and O–H groups in total. The Balaban J connectivity index is 1.89. The average Bonchev–Trinajstić information content (AvgIpc) is 3.07. The van der Waals surface area contributed by atoms with Crippen molar-refractivity contribution >= 4 is 0 Å². The van der Waals surface area contributed by atoms with E-state index >= 15 is 0 Å². The summed E-state index contributed by atoms with van der Waals surface area (Å²) in [5.74, 6) is 1.91. The molecule has 0 aliphatic carbocycles. The maximum atomic E-state index is 5.36. The Morgan fingerprint density at radius 1 is 1.42 bits per heavy atom. The number of ether oxygens (including phenoxy) is 1. The molecule has 3 heterocycles. The van der Waals surface area contributed by atoms with Crippen LogP contribution < -0.4 is 0 Å². The molecule has 102 valence electrons. The topological polar surface area (TPSA) is 66.0 Å². The van der Waals surface area contributed by atoms with Crippen molar-refractivity contribution in [2.75, 3.05) is 13.2 Å². The van der Waals surface area contributed by atoms with Crippen LogP contribution in [0.2, 0.25) is 0 Å². The molecule has 0 aromatic carbocycles. The predicted octanol–water partition coefficient (Wildman–Crippen LogP) is 2.10. The zero-order chi connectivity index (χ0) is 13.4. The highest BCUT2D eigenvalue weighted by Crippen LogP contribution is 2.26. The van der Waals surface area contributed by atoms with E-state index < -0.39 is 0 Å². The SMILES string of the molecule is CC(C)c1cc(-c2nc([C@@H]3CCOC3)no2)n(C)n1. The van der Waals surface area contributed by atoms with Crippen LogP contribution in [0.15, 0.2) is 10.6 Å². The van der Waals surface area contributed by atoms with Crippen LogP contribution in [0.25, 0.3) is 11.6 Å². The van der Waals surface area contributed by atoms with Crippen molar-refractivity contribution in [1.29, 1.82) is 0 Å². The maximum absolute atomic E-state index is 5.36. The van der Waals surface area contributed by atoms with E-state index in [9.17, 15) is 0 Å². The third kappa shape index (κ3) is 2.28. The second kappa shape index (κ2) is 4.77.